The van der Waals surface area contributed by atoms with Gasteiger partial charge in [-0.1, -0.05) is 18.2 Å². The van der Waals surface area contributed by atoms with Crippen LogP contribution in [0.25, 0.3) is 0 Å². The molecule has 2 aromatic rings. The Morgan fingerprint density at radius 1 is 0.870 bits per heavy atom. The summed E-state index contributed by atoms with van der Waals surface area (Å²) >= 11 is 0. The summed E-state index contributed by atoms with van der Waals surface area (Å²) in [6, 6.07) is 12.1. The van der Waals surface area contributed by atoms with E-state index in [1.54, 1.807) is 36.7 Å². The number of rotatable bonds is 4. The standard InChI is InChI=1S/C17H18N4O2/c22-16(12-4-2-1-3-5-12)20-14-10-19-11-15(14)21-17(23)13-6-8-18-9-7-13/h1-9,14-15,19H,10-11H2,(H,20,22)(H,21,23)/t14-,15-/m0/s1. The van der Waals surface area contributed by atoms with E-state index in [0.717, 1.165) is 0 Å². The Bertz CT molecular complexity index is 616. The Morgan fingerprint density at radius 3 is 1.96 bits per heavy atom. The highest BCUT2D eigenvalue weighted by molar-refractivity contribution is 5.95. The second-order valence-corrected chi connectivity index (χ2v) is 5.42. The molecule has 1 aromatic carbocycles. The normalized spacial score (nSPS) is 20.0. The molecular weight excluding hydrogens is 292 g/mol. The zero-order valence-electron chi connectivity index (χ0n) is 12.5. The number of nitrogens with one attached hydrogen (secondary N) is 3. The van der Waals surface area contributed by atoms with Crippen molar-refractivity contribution in [3.63, 3.8) is 0 Å². The summed E-state index contributed by atoms with van der Waals surface area (Å²) in [5.41, 5.74) is 1.17. The summed E-state index contributed by atoms with van der Waals surface area (Å²) < 4.78 is 0. The molecule has 2 amide bonds. The van der Waals surface area contributed by atoms with E-state index >= 15 is 0 Å². The van der Waals surface area contributed by atoms with Gasteiger partial charge in [-0.2, -0.15) is 0 Å². The first-order chi connectivity index (χ1) is 11.2. The lowest BCUT2D eigenvalue weighted by Gasteiger charge is -2.21. The average Bonchev–Trinajstić information content (AvgIpc) is 3.03. The molecule has 1 fully saturated rings. The summed E-state index contributed by atoms with van der Waals surface area (Å²) in [5.74, 6) is -0.303. The number of pyridine rings is 1. The fraction of sp³-hybridized carbons (Fsp3) is 0.235. The van der Waals surface area contributed by atoms with E-state index < -0.39 is 0 Å². The Kier molecular flexibility index (Phi) is 4.63. The van der Waals surface area contributed by atoms with Gasteiger partial charge in [0.05, 0.1) is 12.1 Å². The Morgan fingerprint density at radius 2 is 1.39 bits per heavy atom. The van der Waals surface area contributed by atoms with Crippen molar-refractivity contribution in [1.29, 1.82) is 0 Å². The highest BCUT2D eigenvalue weighted by Gasteiger charge is 2.30. The smallest absolute Gasteiger partial charge is 0.251 e. The van der Waals surface area contributed by atoms with Gasteiger partial charge in [-0.3, -0.25) is 14.6 Å². The predicted octanol–water partition coefficient (Wildman–Crippen LogP) is 0.582. The van der Waals surface area contributed by atoms with Gasteiger partial charge in [-0.05, 0) is 24.3 Å². The van der Waals surface area contributed by atoms with E-state index in [0.29, 0.717) is 24.2 Å². The molecule has 0 radical (unpaired) electrons. The van der Waals surface area contributed by atoms with Gasteiger partial charge in [0.25, 0.3) is 11.8 Å². The molecule has 1 aliphatic rings. The number of carbonyl (C=O) groups is 2. The van der Waals surface area contributed by atoms with Gasteiger partial charge < -0.3 is 16.0 Å². The van der Waals surface area contributed by atoms with Crippen LogP contribution in [0.1, 0.15) is 20.7 Å². The molecule has 2 heterocycles. The Hall–Kier alpha value is -2.73. The molecular formula is C17H18N4O2. The van der Waals surface area contributed by atoms with E-state index in [2.05, 4.69) is 20.9 Å². The molecule has 0 aliphatic carbocycles. The maximum atomic E-state index is 12.2. The number of benzene rings is 1. The third-order valence-electron chi connectivity index (χ3n) is 3.83. The lowest BCUT2D eigenvalue weighted by atomic mass is 10.1. The minimum Gasteiger partial charge on any atom is -0.346 e. The molecule has 23 heavy (non-hydrogen) atoms. The summed E-state index contributed by atoms with van der Waals surface area (Å²) in [6.45, 7) is 1.25. The lowest BCUT2D eigenvalue weighted by Crippen LogP contribution is -2.51. The van der Waals surface area contributed by atoms with Crippen LogP contribution >= 0.6 is 0 Å². The third kappa shape index (κ3) is 3.73. The molecule has 3 N–H and O–H groups in total. The van der Waals surface area contributed by atoms with Crippen molar-refractivity contribution in [3.05, 3.63) is 66.0 Å². The van der Waals surface area contributed by atoms with Crippen molar-refractivity contribution in [2.75, 3.05) is 13.1 Å². The summed E-state index contributed by atoms with van der Waals surface area (Å²) in [6.07, 6.45) is 3.16. The van der Waals surface area contributed by atoms with Gasteiger partial charge in [0, 0.05) is 36.6 Å². The topological polar surface area (TPSA) is 83.1 Å². The summed E-state index contributed by atoms with van der Waals surface area (Å²) in [5, 5.41) is 9.13. The number of carbonyl (C=O) groups excluding carboxylic acids is 2. The average molecular weight is 310 g/mol. The van der Waals surface area contributed by atoms with Crippen LogP contribution in [-0.4, -0.2) is 42.0 Å². The molecule has 0 unspecified atom stereocenters. The molecule has 6 nitrogen and oxygen atoms in total. The highest BCUT2D eigenvalue weighted by Crippen LogP contribution is 2.06. The highest BCUT2D eigenvalue weighted by atomic mass is 16.2. The molecule has 3 rings (SSSR count). The Balaban J connectivity index is 1.62. The zero-order chi connectivity index (χ0) is 16.1. The first kappa shape index (κ1) is 15.2. The number of hydrogen-bond acceptors (Lipinski definition) is 4. The predicted molar refractivity (Wildman–Crippen MR) is 86.1 cm³/mol. The van der Waals surface area contributed by atoms with E-state index in [1.165, 1.54) is 0 Å². The van der Waals surface area contributed by atoms with Gasteiger partial charge in [0.1, 0.15) is 0 Å². The van der Waals surface area contributed by atoms with Crippen molar-refractivity contribution in [2.24, 2.45) is 0 Å². The number of nitrogens with zero attached hydrogens (tertiary/aromatic N) is 1. The maximum absolute atomic E-state index is 12.2. The van der Waals surface area contributed by atoms with Crippen LogP contribution in [0.3, 0.4) is 0 Å². The molecule has 0 saturated carbocycles. The van der Waals surface area contributed by atoms with E-state index in [4.69, 9.17) is 0 Å². The van der Waals surface area contributed by atoms with Gasteiger partial charge in [0.2, 0.25) is 0 Å². The molecule has 0 spiro atoms. The molecule has 6 heteroatoms. The molecule has 2 atom stereocenters. The van der Waals surface area contributed by atoms with Crippen LogP contribution in [0.5, 0.6) is 0 Å². The van der Waals surface area contributed by atoms with Crippen molar-refractivity contribution >= 4 is 11.8 Å². The van der Waals surface area contributed by atoms with Gasteiger partial charge >= 0.3 is 0 Å². The molecule has 0 bridgehead atoms. The molecule has 1 saturated heterocycles. The van der Waals surface area contributed by atoms with Crippen LogP contribution in [0.15, 0.2) is 54.9 Å². The summed E-state index contributed by atoms with van der Waals surface area (Å²) in [7, 11) is 0. The van der Waals surface area contributed by atoms with E-state index in [-0.39, 0.29) is 23.9 Å². The fourth-order valence-corrected chi connectivity index (χ4v) is 2.58. The van der Waals surface area contributed by atoms with E-state index in [1.807, 2.05) is 18.2 Å². The monoisotopic (exact) mass is 310 g/mol. The lowest BCUT2D eigenvalue weighted by molar-refractivity contribution is 0.0896. The van der Waals surface area contributed by atoms with Crippen molar-refractivity contribution in [3.8, 4) is 0 Å². The molecule has 1 aromatic heterocycles. The minimum atomic E-state index is -0.167. The zero-order valence-corrected chi connectivity index (χ0v) is 12.5. The van der Waals surface area contributed by atoms with Crippen LogP contribution in [0.2, 0.25) is 0 Å². The number of amides is 2. The van der Waals surface area contributed by atoms with Crippen molar-refractivity contribution < 1.29 is 9.59 Å². The van der Waals surface area contributed by atoms with Gasteiger partial charge in [-0.15, -0.1) is 0 Å². The largest absolute Gasteiger partial charge is 0.346 e. The maximum Gasteiger partial charge on any atom is 0.251 e. The third-order valence-corrected chi connectivity index (χ3v) is 3.83. The van der Waals surface area contributed by atoms with Crippen LogP contribution in [0.4, 0.5) is 0 Å². The van der Waals surface area contributed by atoms with Crippen LogP contribution in [-0.2, 0) is 0 Å². The fourth-order valence-electron chi connectivity index (χ4n) is 2.58. The second kappa shape index (κ2) is 7.02. The quantitative estimate of drug-likeness (QED) is 0.771. The van der Waals surface area contributed by atoms with E-state index in [9.17, 15) is 9.59 Å². The first-order valence-electron chi connectivity index (χ1n) is 7.51. The Labute approximate surface area is 134 Å². The minimum absolute atomic E-state index is 0.137. The van der Waals surface area contributed by atoms with Crippen molar-refractivity contribution in [1.82, 2.24) is 20.9 Å². The van der Waals surface area contributed by atoms with Crippen LogP contribution < -0.4 is 16.0 Å². The molecule has 118 valence electrons. The van der Waals surface area contributed by atoms with Gasteiger partial charge in [0.15, 0.2) is 0 Å². The number of hydrogen-bond donors (Lipinski definition) is 3. The van der Waals surface area contributed by atoms with Crippen molar-refractivity contribution in [2.45, 2.75) is 12.1 Å². The first-order valence-corrected chi connectivity index (χ1v) is 7.51. The SMILES string of the molecule is O=C(N[C@H]1CNC[C@@H]1NC(=O)c1ccncc1)c1ccccc1. The van der Waals surface area contributed by atoms with Gasteiger partial charge in [-0.25, -0.2) is 0 Å². The van der Waals surface area contributed by atoms with Crippen LogP contribution in [0, 0.1) is 0 Å². The second-order valence-electron chi connectivity index (χ2n) is 5.42. The number of aromatic nitrogens is 1. The molecule has 1 aliphatic heterocycles. The summed E-state index contributed by atoms with van der Waals surface area (Å²) in [4.78, 5) is 28.4.